The SMILES string of the molecule is NNC(c1ccc(F)c(F)c1)c1occc1Br. The van der Waals surface area contributed by atoms with Gasteiger partial charge in [-0.25, -0.2) is 14.2 Å². The van der Waals surface area contributed by atoms with Crippen LogP contribution in [-0.4, -0.2) is 0 Å². The van der Waals surface area contributed by atoms with Gasteiger partial charge in [0.1, 0.15) is 11.8 Å². The zero-order valence-corrected chi connectivity index (χ0v) is 10.2. The van der Waals surface area contributed by atoms with Crippen molar-refractivity contribution in [1.82, 2.24) is 5.43 Å². The summed E-state index contributed by atoms with van der Waals surface area (Å²) < 4.78 is 31.9. The average molecular weight is 303 g/mol. The van der Waals surface area contributed by atoms with Crippen LogP contribution in [0.4, 0.5) is 8.78 Å². The summed E-state index contributed by atoms with van der Waals surface area (Å²) in [5.41, 5.74) is 2.97. The standard InChI is InChI=1S/C11H9BrF2N2O/c12-7-3-4-17-11(7)10(16-15)6-1-2-8(13)9(14)5-6/h1-5,10,16H,15H2. The van der Waals surface area contributed by atoms with E-state index >= 15 is 0 Å². The second-order valence-corrected chi connectivity index (χ2v) is 4.26. The highest BCUT2D eigenvalue weighted by Crippen LogP contribution is 2.29. The number of furan rings is 1. The highest BCUT2D eigenvalue weighted by Gasteiger charge is 2.19. The Bertz CT molecular complexity index is 530. The van der Waals surface area contributed by atoms with Gasteiger partial charge in [0, 0.05) is 0 Å². The van der Waals surface area contributed by atoms with Crippen LogP contribution in [-0.2, 0) is 0 Å². The fraction of sp³-hybridized carbons (Fsp3) is 0.0909. The van der Waals surface area contributed by atoms with Crippen LogP contribution in [0.2, 0.25) is 0 Å². The van der Waals surface area contributed by atoms with E-state index in [0.29, 0.717) is 15.8 Å². The molecule has 0 spiro atoms. The van der Waals surface area contributed by atoms with Crippen molar-refractivity contribution >= 4 is 15.9 Å². The predicted octanol–water partition coefficient (Wildman–Crippen LogP) is 2.87. The molecule has 0 saturated carbocycles. The van der Waals surface area contributed by atoms with E-state index in [9.17, 15) is 8.78 Å². The van der Waals surface area contributed by atoms with Crippen molar-refractivity contribution in [2.75, 3.05) is 0 Å². The number of benzene rings is 1. The van der Waals surface area contributed by atoms with E-state index in [1.807, 2.05) is 0 Å². The van der Waals surface area contributed by atoms with Crippen molar-refractivity contribution in [2.45, 2.75) is 6.04 Å². The Morgan fingerprint density at radius 1 is 1.24 bits per heavy atom. The van der Waals surface area contributed by atoms with Gasteiger partial charge in [0.05, 0.1) is 10.7 Å². The molecule has 3 nitrogen and oxygen atoms in total. The molecule has 0 amide bonds. The Balaban J connectivity index is 2.42. The van der Waals surface area contributed by atoms with Crippen LogP contribution in [0, 0.1) is 11.6 Å². The maximum atomic E-state index is 13.1. The fourth-order valence-electron chi connectivity index (χ4n) is 1.53. The molecule has 0 aliphatic rings. The van der Waals surface area contributed by atoms with Gasteiger partial charge in [-0.05, 0) is 39.7 Å². The van der Waals surface area contributed by atoms with Crippen LogP contribution in [0.3, 0.4) is 0 Å². The minimum Gasteiger partial charge on any atom is -0.466 e. The lowest BCUT2D eigenvalue weighted by molar-refractivity contribution is 0.446. The van der Waals surface area contributed by atoms with Crippen LogP contribution in [0.1, 0.15) is 17.4 Å². The molecule has 1 aromatic carbocycles. The first kappa shape index (κ1) is 12.2. The summed E-state index contributed by atoms with van der Waals surface area (Å²) in [6.45, 7) is 0. The van der Waals surface area contributed by atoms with Crippen LogP contribution in [0.5, 0.6) is 0 Å². The Kier molecular flexibility index (Phi) is 3.56. The number of rotatable bonds is 3. The molecule has 0 aliphatic heterocycles. The lowest BCUT2D eigenvalue weighted by Gasteiger charge is -2.14. The summed E-state index contributed by atoms with van der Waals surface area (Å²) in [7, 11) is 0. The number of nitrogens with one attached hydrogen (secondary N) is 1. The molecule has 0 saturated heterocycles. The van der Waals surface area contributed by atoms with Gasteiger partial charge < -0.3 is 4.42 Å². The van der Waals surface area contributed by atoms with Crippen molar-refractivity contribution in [3.05, 3.63) is 58.0 Å². The van der Waals surface area contributed by atoms with E-state index in [-0.39, 0.29) is 0 Å². The lowest BCUT2D eigenvalue weighted by atomic mass is 10.1. The molecule has 0 bridgehead atoms. The summed E-state index contributed by atoms with van der Waals surface area (Å²) in [5.74, 6) is 4.08. The number of nitrogens with two attached hydrogens (primary N) is 1. The summed E-state index contributed by atoms with van der Waals surface area (Å²) >= 11 is 3.28. The summed E-state index contributed by atoms with van der Waals surface area (Å²) in [4.78, 5) is 0. The van der Waals surface area contributed by atoms with Gasteiger partial charge in [-0.15, -0.1) is 0 Å². The zero-order valence-electron chi connectivity index (χ0n) is 8.58. The maximum Gasteiger partial charge on any atom is 0.159 e. The monoisotopic (exact) mass is 302 g/mol. The number of hydrogen-bond acceptors (Lipinski definition) is 3. The second kappa shape index (κ2) is 4.95. The first-order valence-corrected chi connectivity index (χ1v) is 5.56. The quantitative estimate of drug-likeness (QED) is 0.677. The minimum absolute atomic E-state index is 0.474. The zero-order chi connectivity index (χ0) is 12.4. The highest BCUT2D eigenvalue weighted by molar-refractivity contribution is 9.10. The van der Waals surface area contributed by atoms with Crippen molar-refractivity contribution in [3.63, 3.8) is 0 Å². The van der Waals surface area contributed by atoms with E-state index in [1.54, 1.807) is 6.07 Å². The molecule has 17 heavy (non-hydrogen) atoms. The van der Waals surface area contributed by atoms with E-state index in [0.717, 1.165) is 12.1 Å². The molecule has 1 aromatic heterocycles. The summed E-state index contributed by atoms with van der Waals surface area (Å²) in [6.07, 6.45) is 1.48. The van der Waals surface area contributed by atoms with Crippen molar-refractivity contribution in [3.8, 4) is 0 Å². The molecule has 6 heteroatoms. The number of halogens is 3. The van der Waals surface area contributed by atoms with E-state index in [1.165, 1.54) is 12.3 Å². The Hall–Kier alpha value is -1.24. The maximum absolute atomic E-state index is 13.1. The number of hydrogen-bond donors (Lipinski definition) is 2. The Labute approximate surface area is 105 Å². The molecular formula is C11H9BrF2N2O. The number of hydrazine groups is 1. The molecule has 1 atom stereocenters. The normalized spacial score (nSPS) is 12.7. The first-order valence-electron chi connectivity index (χ1n) is 4.77. The van der Waals surface area contributed by atoms with Crippen LogP contribution >= 0.6 is 15.9 Å². The van der Waals surface area contributed by atoms with Gasteiger partial charge in [0.25, 0.3) is 0 Å². The van der Waals surface area contributed by atoms with Crippen LogP contribution < -0.4 is 11.3 Å². The average Bonchev–Trinajstić information content (AvgIpc) is 2.71. The smallest absolute Gasteiger partial charge is 0.159 e. The summed E-state index contributed by atoms with van der Waals surface area (Å²) in [6, 6.07) is 4.72. The molecule has 2 aromatic rings. The fourth-order valence-corrected chi connectivity index (χ4v) is 1.96. The molecule has 0 aliphatic carbocycles. The molecule has 0 fully saturated rings. The van der Waals surface area contributed by atoms with Gasteiger partial charge in [-0.1, -0.05) is 6.07 Å². The van der Waals surface area contributed by atoms with E-state index in [4.69, 9.17) is 10.3 Å². The topological polar surface area (TPSA) is 51.2 Å². The van der Waals surface area contributed by atoms with Crippen LogP contribution in [0.25, 0.3) is 0 Å². The van der Waals surface area contributed by atoms with Gasteiger partial charge >= 0.3 is 0 Å². The lowest BCUT2D eigenvalue weighted by Crippen LogP contribution is -2.28. The minimum atomic E-state index is -0.926. The Morgan fingerprint density at radius 3 is 2.53 bits per heavy atom. The second-order valence-electron chi connectivity index (χ2n) is 3.41. The van der Waals surface area contributed by atoms with Crippen molar-refractivity contribution in [1.29, 1.82) is 0 Å². The third kappa shape index (κ3) is 2.38. The molecule has 2 rings (SSSR count). The first-order chi connectivity index (χ1) is 8.13. The van der Waals surface area contributed by atoms with Crippen molar-refractivity contribution < 1.29 is 13.2 Å². The van der Waals surface area contributed by atoms with E-state index < -0.39 is 17.7 Å². The van der Waals surface area contributed by atoms with Gasteiger partial charge in [-0.2, -0.15) is 0 Å². The largest absolute Gasteiger partial charge is 0.466 e. The van der Waals surface area contributed by atoms with Crippen LogP contribution in [0.15, 0.2) is 39.4 Å². The third-order valence-electron chi connectivity index (χ3n) is 2.35. The summed E-state index contributed by atoms with van der Waals surface area (Å²) in [5, 5.41) is 0. The molecule has 90 valence electrons. The molecule has 3 N–H and O–H groups in total. The molecular weight excluding hydrogens is 294 g/mol. The molecule has 1 unspecified atom stereocenters. The van der Waals surface area contributed by atoms with Gasteiger partial charge in [-0.3, -0.25) is 5.84 Å². The van der Waals surface area contributed by atoms with Crippen molar-refractivity contribution in [2.24, 2.45) is 5.84 Å². The Morgan fingerprint density at radius 2 is 2.00 bits per heavy atom. The highest BCUT2D eigenvalue weighted by atomic mass is 79.9. The molecule has 1 heterocycles. The van der Waals surface area contributed by atoms with E-state index in [2.05, 4.69) is 21.4 Å². The predicted molar refractivity (Wildman–Crippen MR) is 61.9 cm³/mol. The van der Waals surface area contributed by atoms with Gasteiger partial charge in [0.15, 0.2) is 11.6 Å². The molecule has 0 radical (unpaired) electrons. The van der Waals surface area contributed by atoms with Gasteiger partial charge in [0.2, 0.25) is 0 Å². The third-order valence-corrected chi connectivity index (χ3v) is 3.01.